The molecule has 2 fully saturated rings. The Hall–Kier alpha value is -2.84. The first kappa shape index (κ1) is 28.2. The third-order valence-electron chi connectivity index (χ3n) is 7.24. The van der Waals surface area contributed by atoms with Crippen molar-refractivity contribution in [1.82, 2.24) is 8.61 Å². The second kappa shape index (κ2) is 10.4. The standard InChI is InChI=1S/C25H32N4O7S2/c1-19(30)26(3)21-5-9-23(10-6-21)37(32,33)28-15-13-25(14-16-28)29(17-18-36-25)38(34,35)24-11-7-22(8-12-24)27(4)20(2)31/h5-12H,13-18H2,1-4H3. The van der Waals surface area contributed by atoms with Gasteiger partial charge in [-0.1, -0.05) is 0 Å². The maximum Gasteiger partial charge on any atom is 0.245 e. The summed E-state index contributed by atoms with van der Waals surface area (Å²) in [6, 6.07) is 12.2. The van der Waals surface area contributed by atoms with Crippen LogP contribution in [0, 0.1) is 0 Å². The topological polar surface area (TPSA) is 125 Å². The van der Waals surface area contributed by atoms with Crippen molar-refractivity contribution in [2.24, 2.45) is 0 Å². The number of amides is 2. The molecule has 2 aromatic carbocycles. The van der Waals surface area contributed by atoms with E-state index in [-0.39, 0.29) is 60.7 Å². The van der Waals surface area contributed by atoms with Crippen LogP contribution in [0.1, 0.15) is 26.7 Å². The molecule has 0 aromatic heterocycles. The molecule has 2 aromatic rings. The summed E-state index contributed by atoms with van der Waals surface area (Å²) in [5.74, 6) is -0.342. The van der Waals surface area contributed by atoms with Gasteiger partial charge in [0.05, 0.1) is 16.4 Å². The first-order valence-corrected chi connectivity index (χ1v) is 15.0. The lowest BCUT2D eigenvalue weighted by molar-refractivity contribution is -0.117. The third kappa shape index (κ3) is 5.08. The molecule has 206 valence electrons. The van der Waals surface area contributed by atoms with Crippen LogP contribution in [0.4, 0.5) is 11.4 Å². The van der Waals surface area contributed by atoms with Crippen LogP contribution in [0.2, 0.25) is 0 Å². The maximum atomic E-state index is 13.6. The molecule has 2 aliphatic rings. The van der Waals surface area contributed by atoms with Gasteiger partial charge in [-0.3, -0.25) is 9.59 Å². The van der Waals surface area contributed by atoms with Crippen molar-refractivity contribution in [3.8, 4) is 0 Å². The van der Waals surface area contributed by atoms with Crippen molar-refractivity contribution in [1.29, 1.82) is 0 Å². The Labute approximate surface area is 223 Å². The predicted molar refractivity (Wildman–Crippen MR) is 142 cm³/mol. The zero-order valence-electron chi connectivity index (χ0n) is 21.8. The lowest BCUT2D eigenvalue weighted by atomic mass is 10.0. The van der Waals surface area contributed by atoms with Crippen molar-refractivity contribution in [2.75, 3.05) is 50.1 Å². The number of hydrogen-bond donors (Lipinski definition) is 0. The van der Waals surface area contributed by atoms with Gasteiger partial charge in [0.1, 0.15) is 5.72 Å². The number of anilines is 2. The van der Waals surface area contributed by atoms with Crippen molar-refractivity contribution < 1.29 is 31.2 Å². The summed E-state index contributed by atoms with van der Waals surface area (Å²) < 4.78 is 62.3. The van der Waals surface area contributed by atoms with E-state index in [9.17, 15) is 26.4 Å². The number of carbonyl (C=O) groups is 2. The zero-order valence-corrected chi connectivity index (χ0v) is 23.5. The number of hydrogen-bond acceptors (Lipinski definition) is 7. The Morgan fingerprint density at radius 1 is 0.737 bits per heavy atom. The van der Waals surface area contributed by atoms with Crippen LogP contribution < -0.4 is 9.80 Å². The van der Waals surface area contributed by atoms with Crippen LogP contribution in [0.15, 0.2) is 58.3 Å². The molecular formula is C25H32N4O7S2. The number of nitrogens with zero attached hydrogens (tertiary/aromatic N) is 4. The molecule has 0 aliphatic carbocycles. The summed E-state index contributed by atoms with van der Waals surface area (Å²) in [4.78, 5) is 26.2. The van der Waals surface area contributed by atoms with E-state index in [0.717, 1.165) is 0 Å². The molecule has 0 N–H and O–H groups in total. The normalized spacial score (nSPS) is 18.4. The first-order valence-electron chi connectivity index (χ1n) is 12.2. The Morgan fingerprint density at radius 2 is 1.16 bits per heavy atom. The fourth-order valence-corrected chi connectivity index (χ4v) is 7.89. The summed E-state index contributed by atoms with van der Waals surface area (Å²) in [5.41, 5.74) is 0.0202. The summed E-state index contributed by atoms with van der Waals surface area (Å²) in [6.07, 6.45) is 0.365. The third-order valence-corrected chi connectivity index (χ3v) is 11.1. The minimum absolute atomic E-state index is 0.0775. The van der Waals surface area contributed by atoms with Crippen LogP contribution in [-0.4, -0.2) is 83.3 Å². The fraction of sp³-hybridized carbons (Fsp3) is 0.440. The van der Waals surface area contributed by atoms with Crippen LogP contribution in [0.25, 0.3) is 0 Å². The highest BCUT2D eigenvalue weighted by Crippen LogP contribution is 2.39. The van der Waals surface area contributed by atoms with Crippen molar-refractivity contribution >= 4 is 43.2 Å². The molecule has 2 heterocycles. The van der Waals surface area contributed by atoms with Crippen LogP contribution in [-0.2, 0) is 34.4 Å². The van der Waals surface area contributed by atoms with Gasteiger partial charge in [0.2, 0.25) is 31.9 Å². The summed E-state index contributed by atoms with van der Waals surface area (Å²) in [6.45, 7) is 3.39. The SMILES string of the molecule is CC(=O)N(C)c1ccc(S(=O)(=O)N2CCC3(CC2)OCCN3S(=O)(=O)c2ccc(N(C)C(C)=O)cc2)cc1. The smallest absolute Gasteiger partial charge is 0.245 e. The Kier molecular flexibility index (Phi) is 7.70. The number of sulfonamides is 2. The lowest BCUT2D eigenvalue weighted by Gasteiger charge is -2.42. The van der Waals surface area contributed by atoms with Gasteiger partial charge in [-0.2, -0.15) is 8.61 Å². The molecule has 2 amide bonds. The van der Waals surface area contributed by atoms with Gasteiger partial charge in [-0.05, 0) is 48.5 Å². The highest BCUT2D eigenvalue weighted by molar-refractivity contribution is 7.89. The molecule has 11 nitrogen and oxygen atoms in total. The second-order valence-electron chi connectivity index (χ2n) is 9.42. The minimum Gasteiger partial charge on any atom is -0.358 e. The molecule has 0 atom stereocenters. The Balaban J connectivity index is 1.50. The number of benzene rings is 2. The minimum atomic E-state index is -3.93. The second-order valence-corrected chi connectivity index (χ2v) is 13.2. The highest BCUT2D eigenvalue weighted by Gasteiger charge is 2.51. The van der Waals surface area contributed by atoms with E-state index in [1.165, 1.54) is 56.5 Å². The quantitative estimate of drug-likeness (QED) is 0.524. The molecule has 2 aliphatic heterocycles. The lowest BCUT2D eigenvalue weighted by Crippen LogP contribution is -2.55. The molecule has 0 unspecified atom stereocenters. The van der Waals surface area contributed by atoms with Gasteiger partial charge in [-0.25, -0.2) is 16.8 Å². The molecular weight excluding hydrogens is 532 g/mol. The first-order chi connectivity index (χ1) is 17.8. The number of piperidine rings is 1. The molecule has 38 heavy (non-hydrogen) atoms. The average Bonchev–Trinajstić information content (AvgIpc) is 3.31. The van der Waals surface area contributed by atoms with E-state index in [1.807, 2.05) is 0 Å². The summed E-state index contributed by atoms with van der Waals surface area (Å²) in [7, 11) is -4.54. The van der Waals surface area contributed by atoms with E-state index < -0.39 is 25.8 Å². The Bertz CT molecular complexity index is 1420. The molecule has 4 rings (SSSR count). The average molecular weight is 565 g/mol. The van der Waals surface area contributed by atoms with E-state index in [1.54, 1.807) is 38.4 Å². The molecule has 0 bridgehead atoms. The molecule has 0 radical (unpaired) electrons. The van der Waals surface area contributed by atoms with Crippen LogP contribution in [0.3, 0.4) is 0 Å². The zero-order chi connectivity index (χ0) is 27.9. The largest absolute Gasteiger partial charge is 0.358 e. The number of carbonyl (C=O) groups excluding carboxylic acids is 2. The number of ether oxygens (including phenoxy) is 1. The van der Waals surface area contributed by atoms with Gasteiger partial charge in [-0.15, -0.1) is 0 Å². The van der Waals surface area contributed by atoms with Crippen LogP contribution in [0.5, 0.6) is 0 Å². The van der Waals surface area contributed by atoms with Gasteiger partial charge >= 0.3 is 0 Å². The van der Waals surface area contributed by atoms with Gasteiger partial charge in [0, 0.05) is 71.8 Å². The molecule has 1 spiro atoms. The molecule has 0 saturated carbocycles. The highest BCUT2D eigenvalue weighted by atomic mass is 32.2. The number of rotatable bonds is 6. The van der Waals surface area contributed by atoms with Gasteiger partial charge in [0.25, 0.3) is 0 Å². The predicted octanol–water partition coefficient (Wildman–Crippen LogP) is 1.85. The monoisotopic (exact) mass is 564 g/mol. The van der Waals surface area contributed by atoms with Crippen LogP contribution >= 0.6 is 0 Å². The van der Waals surface area contributed by atoms with Crippen molar-refractivity contribution in [2.45, 2.75) is 42.2 Å². The van der Waals surface area contributed by atoms with Crippen molar-refractivity contribution in [3.63, 3.8) is 0 Å². The summed E-state index contributed by atoms with van der Waals surface area (Å²) >= 11 is 0. The molecule has 2 saturated heterocycles. The van der Waals surface area contributed by atoms with Gasteiger partial charge in [0.15, 0.2) is 0 Å². The Morgan fingerprint density at radius 3 is 1.58 bits per heavy atom. The van der Waals surface area contributed by atoms with Gasteiger partial charge < -0.3 is 14.5 Å². The van der Waals surface area contributed by atoms with Crippen molar-refractivity contribution in [3.05, 3.63) is 48.5 Å². The van der Waals surface area contributed by atoms with E-state index in [4.69, 9.17) is 4.74 Å². The summed E-state index contributed by atoms with van der Waals surface area (Å²) in [5, 5.41) is 0. The molecule has 13 heteroatoms. The van der Waals surface area contributed by atoms with E-state index in [2.05, 4.69) is 0 Å². The maximum absolute atomic E-state index is 13.6. The fourth-order valence-electron chi connectivity index (χ4n) is 4.73. The van der Waals surface area contributed by atoms with E-state index >= 15 is 0 Å². The van der Waals surface area contributed by atoms with E-state index in [0.29, 0.717) is 11.4 Å².